The number of ether oxygens (including phenoxy) is 2. The van der Waals surface area contributed by atoms with E-state index in [0.29, 0.717) is 6.42 Å². The lowest BCUT2D eigenvalue weighted by Crippen LogP contribution is -2.59. The predicted octanol–water partition coefficient (Wildman–Crippen LogP) is 2.75. The summed E-state index contributed by atoms with van der Waals surface area (Å²) >= 11 is 0. The van der Waals surface area contributed by atoms with Crippen LogP contribution in [0.1, 0.15) is 30.7 Å². The van der Waals surface area contributed by atoms with E-state index in [1.54, 1.807) is 12.4 Å². The highest BCUT2D eigenvalue weighted by Gasteiger charge is 2.59. The molecule has 0 N–H and O–H groups in total. The van der Waals surface area contributed by atoms with E-state index in [0.717, 1.165) is 29.0 Å². The molecule has 0 aliphatic carbocycles. The van der Waals surface area contributed by atoms with E-state index in [4.69, 9.17) is 9.47 Å². The van der Waals surface area contributed by atoms with Crippen LogP contribution in [0.15, 0.2) is 60.9 Å². The number of benzene rings is 1. The van der Waals surface area contributed by atoms with Gasteiger partial charge in [-0.25, -0.2) is 9.59 Å². The van der Waals surface area contributed by atoms with Gasteiger partial charge in [-0.3, -0.25) is 9.88 Å². The Morgan fingerprint density at radius 3 is 2.48 bits per heavy atom. The third kappa shape index (κ3) is 2.98. The number of carbonyl (C=O) groups excluding carboxylic acids is 2. The minimum absolute atomic E-state index is 0.212. The number of pyridine rings is 1. The van der Waals surface area contributed by atoms with Gasteiger partial charge in [-0.15, -0.1) is 0 Å². The van der Waals surface area contributed by atoms with Crippen molar-refractivity contribution in [3.05, 3.63) is 72.1 Å². The summed E-state index contributed by atoms with van der Waals surface area (Å²) in [6.45, 7) is 2.04. The second-order valence-electron chi connectivity index (χ2n) is 7.29. The van der Waals surface area contributed by atoms with E-state index in [1.165, 1.54) is 0 Å². The first-order chi connectivity index (χ1) is 14.0. The smallest absolute Gasteiger partial charge is 0.333 e. The summed E-state index contributed by atoms with van der Waals surface area (Å²) in [5.41, 5.74) is 1.15. The molecule has 0 saturated carbocycles. The van der Waals surface area contributed by atoms with Gasteiger partial charge in [0.1, 0.15) is 0 Å². The van der Waals surface area contributed by atoms with Crippen LogP contribution in [-0.2, 0) is 24.8 Å². The minimum Gasteiger partial charge on any atom is -0.434 e. The zero-order chi connectivity index (χ0) is 20.6. The number of likely N-dealkylation sites (N-methyl/N-ethyl adjacent to an activating group) is 1. The fraction of sp³-hybridized carbons (Fsp3) is 0.318. The van der Waals surface area contributed by atoms with Crippen LogP contribution in [0.3, 0.4) is 0 Å². The van der Waals surface area contributed by atoms with Crippen molar-refractivity contribution < 1.29 is 19.1 Å². The van der Waals surface area contributed by atoms with Crippen LogP contribution in [0.5, 0.6) is 0 Å². The molecule has 1 aromatic heterocycles. The van der Waals surface area contributed by atoms with Gasteiger partial charge in [0.15, 0.2) is 0 Å². The zero-order valence-electron chi connectivity index (χ0n) is 16.6. The van der Waals surface area contributed by atoms with Gasteiger partial charge in [0.05, 0.1) is 6.04 Å². The standard InChI is InChI=1S/C22H23N3O4/c1-4-18(24(2)3)22-17-8-6-5-7-16(17)21(25(22)15-11-13-23-14-12-15)28-19(26)9-10-20(27)29-22/h5-14,18,21H,4H2,1-3H3/b10-9-. The molecule has 3 atom stereocenters. The molecule has 0 spiro atoms. The number of anilines is 1. The number of carbonyl (C=O) groups is 2. The van der Waals surface area contributed by atoms with Crippen LogP contribution in [0, 0.1) is 0 Å². The van der Waals surface area contributed by atoms with Crippen LogP contribution in [-0.4, -0.2) is 42.0 Å². The average molecular weight is 393 g/mol. The maximum Gasteiger partial charge on any atom is 0.333 e. The first-order valence-electron chi connectivity index (χ1n) is 9.56. The van der Waals surface area contributed by atoms with E-state index in [-0.39, 0.29) is 6.04 Å². The summed E-state index contributed by atoms with van der Waals surface area (Å²) in [7, 11) is 3.90. The number of fused-ring (bicyclic) bond motifs is 5. The van der Waals surface area contributed by atoms with Gasteiger partial charge < -0.3 is 14.4 Å². The third-order valence-electron chi connectivity index (χ3n) is 5.45. The maximum absolute atomic E-state index is 12.8. The highest BCUT2D eigenvalue weighted by atomic mass is 16.6. The SMILES string of the molecule is CCC(N(C)C)C12OC(=O)/C=C\C(=O)OC(c3ccccc31)N2c1ccncc1. The second kappa shape index (κ2) is 7.33. The van der Waals surface area contributed by atoms with Crippen molar-refractivity contribution in [3.63, 3.8) is 0 Å². The van der Waals surface area contributed by atoms with Crippen molar-refractivity contribution in [1.29, 1.82) is 0 Å². The van der Waals surface area contributed by atoms with Crippen molar-refractivity contribution in [2.24, 2.45) is 0 Å². The summed E-state index contributed by atoms with van der Waals surface area (Å²) in [6.07, 6.45) is 5.52. The molecule has 2 bridgehead atoms. The van der Waals surface area contributed by atoms with E-state index < -0.39 is 23.9 Å². The Bertz CT molecular complexity index is 960. The summed E-state index contributed by atoms with van der Waals surface area (Å²) in [5, 5.41) is 0. The highest BCUT2D eigenvalue weighted by Crippen LogP contribution is 2.53. The molecule has 3 unspecified atom stereocenters. The predicted molar refractivity (Wildman–Crippen MR) is 107 cm³/mol. The van der Waals surface area contributed by atoms with Gasteiger partial charge in [-0.05, 0) is 32.6 Å². The topological polar surface area (TPSA) is 72.0 Å². The first kappa shape index (κ1) is 19.1. The number of esters is 2. The molecule has 1 aromatic carbocycles. The highest BCUT2D eigenvalue weighted by molar-refractivity contribution is 5.93. The summed E-state index contributed by atoms with van der Waals surface area (Å²) in [4.78, 5) is 33.2. The van der Waals surface area contributed by atoms with Crippen LogP contribution < -0.4 is 4.90 Å². The van der Waals surface area contributed by atoms with Crippen molar-refractivity contribution in [1.82, 2.24) is 9.88 Å². The summed E-state index contributed by atoms with van der Waals surface area (Å²) in [6, 6.07) is 11.1. The first-order valence-corrected chi connectivity index (χ1v) is 9.56. The molecule has 0 saturated heterocycles. The van der Waals surface area contributed by atoms with Gasteiger partial charge in [0, 0.05) is 41.4 Å². The molecule has 4 rings (SSSR count). The lowest BCUT2D eigenvalue weighted by molar-refractivity contribution is -0.165. The Morgan fingerprint density at radius 1 is 1.10 bits per heavy atom. The molecule has 3 heterocycles. The quantitative estimate of drug-likeness (QED) is 0.740. The fourth-order valence-corrected chi connectivity index (χ4v) is 4.41. The Hall–Kier alpha value is -3.19. The number of hydrogen-bond donors (Lipinski definition) is 0. The molecule has 2 aliphatic rings. The minimum atomic E-state index is -1.19. The van der Waals surface area contributed by atoms with Crippen LogP contribution in [0.2, 0.25) is 0 Å². The van der Waals surface area contributed by atoms with E-state index in [2.05, 4.69) is 4.98 Å². The molecule has 0 fully saturated rings. The number of hydrogen-bond acceptors (Lipinski definition) is 7. The van der Waals surface area contributed by atoms with Crippen molar-refractivity contribution in [2.75, 3.05) is 19.0 Å². The Labute approximate surface area is 169 Å². The van der Waals surface area contributed by atoms with Crippen LogP contribution in [0.25, 0.3) is 0 Å². The number of nitrogens with zero attached hydrogens (tertiary/aromatic N) is 3. The molecule has 150 valence electrons. The van der Waals surface area contributed by atoms with Crippen LogP contribution in [0.4, 0.5) is 5.69 Å². The molecular weight excluding hydrogens is 370 g/mol. The Morgan fingerprint density at radius 2 is 1.79 bits per heavy atom. The second-order valence-corrected chi connectivity index (χ2v) is 7.29. The van der Waals surface area contributed by atoms with Gasteiger partial charge >= 0.3 is 11.9 Å². The molecule has 7 nitrogen and oxygen atoms in total. The number of aromatic nitrogens is 1. The lowest BCUT2D eigenvalue weighted by atomic mass is 9.90. The van der Waals surface area contributed by atoms with Gasteiger partial charge in [-0.1, -0.05) is 31.2 Å². The molecule has 2 aliphatic heterocycles. The van der Waals surface area contributed by atoms with Crippen molar-refractivity contribution >= 4 is 17.6 Å². The largest absolute Gasteiger partial charge is 0.434 e. The summed E-state index contributed by atoms with van der Waals surface area (Å²) < 4.78 is 12.0. The monoisotopic (exact) mass is 393 g/mol. The van der Waals surface area contributed by atoms with E-state index in [9.17, 15) is 9.59 Å². The van der Waals surface area contributed by atoms with E-state index >= 15 is 0 Å². The van der Waals surface area contributed by atoms with Gasteiger partial charge in [0.25, 0.3) is 0 Å². The van der Waals surface area contributed by atoms with Crippen molar-refractivity contribution in [3.8, 4) is 0 Å². The Kier molecular flexibility index (Phi) is 4.84. The Balaban J connectivity index is 2.06. The van der Waals surface area contributed by atoms with Crippen LogP contribution >= 0.6 is 0 Å². The summed E-state index contributed by atoms with van der Waals surface area (Å²) in [5.74, 6) is -1.20. The lowest BCUT2D eigenvalue weighted by Gasteiger charge is -2.47. The van der Waals surface area contributed by atoms with E-state index in [1.807, 2.05) is 67.2 Å². The van der Waals surface area contributed by atoms with Gasteiger partial charge in [0.2, 0.25) is 12.0 Å². The molecule has 2 aromatic rings. The molecular formula is C22H23N3O4. The molecule has 29 heavy (non-hydrogen) atoms. The molecule has 7 heteroatoms. The normalized spacial score (nSPS) is 25.4. The van der Waals surface area contributed by atoms with Crippen molar-refractivity contribution in [2.45, 2.75) is 31.3 Å². The zero-order valence-corrected chi connectivity index (χ0v) is 16.6. The van der Waals surface area contributed by atoms with Gasteiger partial charge in [-0.2, -0.15) is 0 Å². The molecule has 0 radical (unpaired) electrons. The number of rotatable bonds is 4. The molecule has 0 amide bonds. The third-order valence-corrected chi connectivity index (χ3v) is 5.45. The fourth-order valence-electron chi connectivity index (χ4n) is 4.41. The average Bonchev–Trinajstić information content (AvgIpc) is 2.99. The maximum atomic E-state index is 12.8.